The van der Waals surface area contributed by atoms with Crippen LogP contribution in [0.25, 0.3) is 0 Å². The SMILES string of the molecule is C=C(/N=C1/CC(C)(C)OCC1=C)SCC. The molecule has 1 heterocycles. The van der Waals surface area contributed by atoms with E-state index in [9.17, 15) is 0 Å². The summed E-state index contributed by atoms with van der Waals surface area (Å²) in [7, 11) is 0. The van der Waals surface area contributed by atoms with Crippen LogP contribution >= 0.6 is 11.8 Å². The lowest BCUT2D eigenvalue weighted by Crippen LogP contribution is -2.35. The smallest absolute Gasteiger partial charge is 0.0891 e. The maximum Gasteiger partial charge on any atom is 0.0891 e. The van der Waals surface area contributed by atoms with Crippen LogP contribution in [-0.4, -0.2) is 23.7 Å². The fraction of sp³-hybridized carbons (Fsp3) is 0.583. The first-order valence-electron chi connectivity index (χ1n) is 5.16. The van der Waals surface area contributed by atoms with Gasteiger partial charge in [0.1, 0.15) is 0 Å². The molecule has 0 unspecified atom stereocenters. The van der Waals surface area contributed by atoms with Crippen molar-refractivity contribution >= 4 is 17.5 Å². The Labute approximate surface area is 96.5 Å². The molecule has 3 heteroatoms. The van der Waals surface area contributed by atoms with Crippen LogP contribution in [-0.2, 0) is 4.74 Å². The molecule has 0 aromatic rings. The highest BCUT2D eigenvalue weighted by molar-refractivity contribution is 8.03. The van der Waals surface area contributed by atoms with E-state index in [1.807, 2.05) is 0 Å². The molecule has 0 bridgehead atoms. The Morgan fingerprint density at radius 2 is 2.27 bits per heavy atom. The Morgan fingerprint density at radius 1 is 1.60 bits per heavy atom. The van der Waals surface area contributed by atoms with E-state index in [1.54, 1.807) is 11.8 Å². The normalized spacial score (nSPS) is 23.1. The molecule has 1 saturated heterocycles. The monoisotopic (exact) mass is 225 g/mol. The first-order chi connectivity index (χ1) is 6.94. The zero-order chi connectivity index (χ0) is 11.5. The lowest BCUT2D eigenvalue weighted by Gasteiger charge is -2.32. The summed E-state index contributed by atoms with van der Waals surface area (Å²) in [5, 5.41) is 0.867. The van der Waals surface area contributed by atoms with E-state index in [0.29, 0.717) is 6.61 Å². The van der Waals surface area contributed by atoms with Gasteiger partial charge in [-0.1, -0.05) is 20.1 Å². The van der Waals surface area contributed by atoms with Gasteiger partial charge >= 0.3 is 0 Å². The Balaban J connectivity index is 2.74. The van der Waals surface area contributed by atoms with Gasteiger partial charge in [0.2, 0.25) is 0 Å². The molecule has 1 rings (SSSR count). The van der Waals surface area contributed by atoms with Crippen LogP contribution in [0, 0.1) is 0 Å². The van der Waals surface area contributed by atoms with Crippen molar-refractivity contribution in [3.63, 3.8) is 0 Å². The highest BCUT2D eigenvalue weighted by Gasteiger charge is 2.28. The Kier molecular flexibility index (Phi) is 4.17. The summed E-state index contributed by atoms with van der Waals surface area (Å²) >= 11 is 1.66. The van der Waals surface area contributed by atoms with Crippen molar-refractivity contribution in [1.29, 1.82) is 0 Å². The number of aliphatic imine (C=N–C) groups is 1. The van der Waals surface area contributed by atoms with E-state index in [-0.39, 0.29) is 5.60 Å². The molecule has 2 nitrogen and oxygen atoms in total. The number of hydrogen-bond donors (Lipinski definition) is 0. The molecule has 0 atom stereocenters. The molecule has 15 heavy (non-hydrogen) atoms. The molecule has 0 radical (unpaired) electrons. The minimum atomic E-state index is -0.128. The largest absolute Gasteiger partial charge is 0.370 e. The molecule has 0 spiro atoms. The summed E-state index contributed by atoms with van der Waals surface area (Å²) in [6, 6.07) is 0. The third-order valence-corrected chi connectivity index (χ3v) is 2.92. The Bertz CT molecular complexity index is 305. The van der Waals surface area contributed by atoms with E-state index in [4.69, 9.17) is 4.74 Å². The van der Waals surface area contributed by atoms with Crippen LogP contribution in [0.5, 0.6) is 0 Å². The maximum atomic E-state index is 5.63. The highest BCUT2D eigenvalue weighted by atomic mass is 32.2. The minimum absolute atomic E-state index is 0.128. The van der Waals surface area contributed by atoms with Crippen LogP contribution in [0.2, 0.25) is 0 Å². The summed E-state index contributed by atoms with van der Waals surface area (Å²) < 4.78 is 5.63. The molecule has 1 fully saturated rings. The zero-order valence-electron chi connectivity index (χ0n) is 9.80. The third-order valence-electron chi connectivity index (χ3n) is 2.21. The van der Waals surface area contributed by atoms with Gasteiger partial charge in [0, 0.05) is 12.1 Å². The van der Waals surface area contributed by atoms with E-state index in [0.717, 1.165) is 28.5 Å². The molecule has 0 N–H and O–H groups in total. The lowest BCUT2D eigenvalue weighted by atomic mass is 9.94. The predicted octanol–water partition coefficient (Wildman–Crippen LogP) is 3.41. The van der Waals surface area contributed by atoms with Crippen molar-refractivity contribution in [2.45, 2.75) is 32.8 Å². The molecule has 0 aliphatic carbocycles. The standard InChI is InChI=1S/C12H19NOS/c1-6-15-10(3)13-11-7-12(4,5)14-8-9(11)2/h2-3,6-8H2,1,4-5H3/b13-11-. The van der Waals surface area contributed by atoms with Crippen molar-refractivity contribution in [2.24, 2.45) is 4.99 Å². The van der Waals surface area contributed by atoms with Crippen LogP contribution < -0.4 is 0 Å². The van der Waals surface area contributed by atoms with Gasteiger partial charge in [-0.05, 0) is 25.2 Å². The second-order valence-corrected chi connectivity index (χ2v) is 5.55. The second-order valence-electron chi connectivity index (χ2n) is 4.21. The van der Waals surface area contributed by atoms with Gasteiger partial charge in [-0.3, -0.25) is 0 Å². The second kappa shape index (κ2) is 4.99. The molecule has 0 aromatic heterocycles. The summed E-state index contributed by atoms with van der Waals surface area (Å²) in [5.74, 6) is 1.00. The third kappa shape index (κ3) is 3.84. The summed E-state index contributed by atoms with van der Waals surface area (Å²) in [5.41, 5.74) is 1.89. The number of thioether (sulfide) groups is 1. The molecular formula is C12H19NOS. The topological polar surface area (TPSA) is 21.6 Å². The van der Waals surface area contributed by atoms with Gasteiger partial charge in [0.05, 0.1) is 17.2 Å². The average Bonchev–Trinajstić information content (AvgIpc) is 2.11. The van der Waals surface area contributed by atoms with Crippen LogP contribution in [0.15, 0.2) is 28.8 Å². The fourth-order valence-corrected chi connectivity index (χ4v) is 1.92. The molecule has 0 saturated carbocycles. The number of hydrogen-bond acceptors (Lipinski definition) is 3. The van der Waals surface area contributed by atoms with Crippen molar-refractivity contribution in [1.82, 2.24) is 0 Å². The van der Waals surface area contributed by atoms with Gasteiger partial charge < -0.3 is 4.74 Å². The number of nitrogens with zero attached hydrogens (tertiary/aromatic N) is 1. The Hall–Kier alpha value is -0.540. The van der Waals surface area contributed by atoms with Gasteiger partial charge in [0.25, 0.3) is 0 Å². The Morgan fingerprint density at radius 3 is 2.87 bits per heavy atom. The minimum Gasteiger partial charge on any atom is -0.370 e. The van der Waals surface area contributed by atoms with E-state index >= 15 is 0 Å². The number of ether oxygens (including phenoxy) is 1. The molecule has 0 amide bonds. The van der Waals surface area contributed by atoms with Gasteiger partial charge in [-0.15, -0.1) is 11.8 Å². The van der Waals surface area contributed by atoms with Crippen LogP contribution in [0.3, 0.4) is 0 Å². The van der Waals surface area contributed by atoms with Crippen molar-refractivity contribution < 1.29 is 4.74 Å². The van der Waals surface area contributed by atoms with Gasteiger partial charge in [0.15, 0.2) is 0 Å². The van der Waals surface area contributed by atoms with Crippen molar-refractivity contribution in [3.8, 4) is 0 Å². The van der Waals surface area contributed by atoms with Crippen LogP contribution in [0.1, 0.15) is 27.2 Å². The van der Waals surface area contributed by atoms with Crippen molar-refractivity contribution in [3.05, 3.63) is 23.8 Å². The van der Waals surface area contributed by atoms with E-state index in [2.05, 4.69) is 38.9 Å². The summed E-state index contributed by atoms with van der Waals surface area (Å²) in [6.07, 6.45) is 0.815. The molecular weight excluding hydrogens is 206 g/mol. The fourth-order valence-electron chi connectivity index (χ4n) is 1.41. The number of rotatable bonds is 3. The van der Waals surface area contributed by atoms with Crippen molar-refractivity contribution in [2.75, 3.05) is 12.4 Å². The molecule has 1 aliphatic heterocycles. The lowest BCUT2D eigenvalue weighted by molar-refractivity contribution is -0.00491. The van der Waals surface area contributed by atoms with Crippen LogP contribution in [0.4, 0.5) is 0 Å². The van der Waals surface area contributed by atoms with E-state index < -0.39 is 0 Å². The van der Waals surface area contributed by atoms with Gasteiger partial charge in [-0.25, -0.2) is 4.99 Å². The first-order valence-corrected chi connectivity index (χ1v) is 6.14. The highest BCUT2D eigenvalue weighted by Crippen LogP contribution is 2.26. The summed E-state index contributed by atoms with van der Waals surface area (Å²) in [6.45, 7) is 14.7. The van der Waals surface area contributed by atoms with E-state index in [1.165, 1.54) is 0 Å². The summed E-state index contributed by atoms with van der Waals surface area (Å²) in [4.78, 5) is 4.51. The zero-order valence-corrected chi connectivity index (χ0v) is 10.6. The van der Waals surface area contributed by atoms with Gasteiger partial charge in [-0.2, -0.15) is 0 Å². The first kappa shape index (κ1) is 12.5. The molecule has 1 aliphatic rings. The predicted molar refractivity (Wildman–Crippen MR) is 68.5 cm³/mol. The molecule has 84 valence electrons. The molecule has 0 aromatic carbocycles. The maximum absolute atomic E-state index is 5.63. The quantitative estimate of drug-likeness (QED) is 0.734. The average molecular weight is 225 g/mol.